The van der Waals surface area contributed by atoms with Gasteiger partial charge in [0.25, 0.3) is 0 Å². The highest BCUT2D eigenvalue weighted by Gasteiger charge is 2.56. The predicted octanol–water partition coefficient (Wildman–Crippen LogP) is 4.94. The van der Waals surface area contributed by atoms with Crippen molar-refractivity contribution in [2.75, 3.05) is 36.5 Å². The Balaban J connectivity index is 1.18. The molecule has 33 heavy (non-hydrogen) atoms. The van der Waals surface area contributed by atoms with Crippen LogP contribution in [0, 0.1) is 29.4 Å². The topological polar surface area (TPSA) is 60.0 Å². The molecule has 8 heteroatoms. The quantitative estimate of drug-likeness (QED) is 0.637. The van der Waals surface area contributed by atoms with Crippen LogP contribution in [0.4, 0.5) is 25.0 Å². The molecule has 1 saturated carbocycles. The third kappa shape index (κ3) is 5.12. The number of amides is 1. The summed E-state index contributed by atoms with van der Waals surface area (Å²) >= 11 is 0. The highest BCUT2D eigenvalue weighted by Crippen LogP contribution is 2.53. The molecule has 2 aromatic rings. The Bertz CT molecular complexity index is 972. The molecule has 0 aromatic heterocycles. The van der Waals surface area contributed by atoms with E-state index in [0.29, 0.717) is 37.5 Å². The predicted molar refractivity (Wildman–Crippen MR) is 119 cm³/mol. The normalized spacial score (nSPS) is 26.1. The Kier molecular flexibility index (Phi) is 6.46. The molecule has 2 aromatic carbocycles. The summed E-state index contributed by atoms with van der Waals surface area (Å²) in [5, 5.41) is 2.52. The standard InChI is InChI=1S/C25H28F2N2O4/c26-17-10-21(27)24(22(11-17)28-25(30)33-14-16-6-2-1-3-7-16)29-12-18-19(13-29)20(18)15-32-23-8-4-5-9-31-23/h1-3,6-7,10-11,18-20,23H,4-5,8-9,12-15H2,(H,28,30)/t18-,19?,20?,23?/m0/s1. The average Bonchev–Trinajstić information content (AvgIpc) is 3.26. The van der Waals surface area contributed by atoms with E-state index in [1.807, 2.05) is 35.2 Å². The number of ether oxygens (including phenoxy) is 3. The number of carbonyl (C=O) groups is 1. The maximum Gasteiger partial charge on any atom is 0.412 e. The lowest BCUT2D eigenvalue weighted by molar-refractivity contribution is -0.165. The van der Waals surface area contributed by atoms with Crippen molar-refractivity contribution in [2.24, 2.45) is 17.8 Å². The van der Waals surface area contributed by atoms with Crippen LogP contribution in [0.2, 0.25) is 0 Å². The summed E-state index contributed by atoms with van der Waals surface area (Å²) in [5.74, 6) is -0.217. The maximum absolute atomic E-state index is 14.8. The van der Waals surface area contributed by atoms with E-state index in [9.17, 15) is 13.6 Å². The van der Waals surface area contributed by atoms with Gasteiger partial charge in [0.05, 0.1) is 18.0 Å². The van der Waals surface area contributed by atoms with Gasteiger partial charge in [-0.25, -0.2) is 13.6 Å². The number of nitrogens with zero attached hydrogens (tertiary/aromatic N) is 1. The van der Waals surface area contributed by atoms with E-state index in [0.717, 1.165) is 43.6 Å². The van der Waals surface area contributed by atoms with Crippen molar-refractivity contribution in [1.82, 2.24) is 0 Å². The zero-order valence-electron chi connectivity index (χ0n) is 18.3. The SMILES string of the molecule is O=C(Nc1cc(F)cc(F)c1N1CC2C(COC3CCCCO3)[C@H]2C1)OCc1ccccc1. The van der Waals surface area contributed by atoms with E-state index in [1.54, 1.807) is 0 Å². The largest absolute Gasteiger partial charge is 0.444 e. The van der Waals surface area contributed by atoms with E-state index >= 15 is 0 Å². The molecule has 2 heterocycles. The van der Waals surface area contributed by atoms with Crippen LogP contribution in [0.3, 0.4) is 0 Å². The molecule has 0 spiro atoms. The molecule has 0 radical (unpaired) electrons. The minimum atomic E-state index is -0.756. The zero-order valence-corrected chi connectivity index (χ0v) is 18.3. The molecule has 1 amide bonds. The van der Waals surface area contributed by atoms with Gasteiger partial charge in [0.2, 0.25) is 0 Å². The van der Waals surface area contributed by atoms with Crippen molar-refractivity contribution in [3.63, 3.8) is 0 Å². The summed E-state index contributed by atoms with van der Waals surface area (Å²) in [6.45, 7) is 2.75. The highest BCUT2D eigenvalue weighted by atomic mass is 19.1. The number of fused-ring (bicyclic) bond motifs is 1. The summed E-state index contributed by atoms with van der Waals surface area (Å²) in [5.41, 5.74) is 1.11. The van der Waals surface area contributed by atoms with Gasteiger partial charge < -0.3 is 19.1 Å². The Morgan fingerprint density at radius 1 is 1.12 bits per heavy atom. The summed E-state index contributed by atoms with van der Waals surface area (Å²) in [6.07, 6.45) is 2.29. The zero-order chi connectivity index (χ0) is 22.8. The Morgan fingerprint density at radius 2 is 1.91 bits per heavy atom. The van der Waals surface area contributed by atoms with Crippen molar-refractivity contribution in [3.8, 4) is 0 Å². The van der Waals surface area contributed by atoms with Crippen LogP contribution in [0.5, 0.6) is 0 Å². The summed E-state index contributed by atoms with van der Waals surface area (Å²) < 4.78 is 45.5. The number of halogens is 2. The summed E-state index contributed by atoms with van der Waals surface area (Å²) in [6, 6.07) is 11.2. The number of rotatable bonds is 7. The van der Waals surface area contributed by atoms with Gasteiger partial charge >= 0.3 is 6.09 Å². The van der Waals surface area contributed by atoms with Crippen molar-refractivity contribution >= 4 is 17.5 Å². The molecule has 176 valence electrons. The van der Waals surface area contributed by atoms with E-state index in [1.165, 1.54) is 0 Å². The van der Waals surface area contributed by atoms with Gasteiger partial charge in [-0.1, -0.05) is 30.3 Å². The molecule has 3 aliphatic rings. The molecule has 4 atom stereocenters. The summed E-state index contributed by atoms with van der Waals surface area (Å²) in [4.78, 5) is 14.2. The van der Waals surface area contributed by atoms with Crippen LogP contribution in [-0.4, -0.2) is 38.7 Å². The van der Waals surface area contributed by atoms with E-state index in [2.05, 4.69) is 5.32 Å². The van der Waals surface area contributed by atoms with Gasteiger partial charge in [-0.2, -0.15) is 0 Å². The van der Waals surface area contributed by atoms with Gasteiger partial charge in [-0.05, 0) is 48.6 Å². The van der Waals surface area contributed by atoms with Crippen LogP contribution in [0.25, 0.3) is 0 Å². The van der Waals surface area contributed by atoms with Crippen LogP contribution in [0.1, 0.15) is 24.8 Å². The molecule has 6 nitrogen and oxygen atoms in total. The molecule has 3 unspecified atom stereocenters. The maximum atomic E-state index is 14.8. The average molecular weight is 459 g/mol. The Hall–Kier alpha value is -2.71. The fourth-order valence-corrected chi connectivity index (χ4v) is 4.99. The first-order valence-corrected chi connectivity index (χ1v) is 11.5. The van der Waals surface area contributed by atoms with Crippen molar-refractivity contribution in [2.45, 2.75) is 32.2 Å². The second kappa shape index (κ2) is 9.65. The first-order chi connectivity index (χ1) is 16.1. The fourth-order valence-electron chi connectivity index (χ4n) is 4.99. The molecule has 5 rings (SSSR count). The first kappa shape index (κ1) is 22.1. The fraction of sp³-hybridized carbons (Fsp3) is 0.480. The Labute approximate surface area is 191 Å². The second-order valence-electron chi connectivity index (χ2n) is 9.00. The van der Waals surface area contributed by atoms with E-state index < -0.39 is 17.7 Å². The Morgan fingerprint density at radius 3 is 2.64 bits per heavy atom. The van der Waals surface area contributed by atoms with Crippen molar-refractivity contribution in [1.29, 1.82) is 0 Å². The highest BCUT2D eigenvalue weighted by molar-refractivity contribution is 5.90. The molecule has 1 N–H and O–H groups in total. The lowest BCUT2D eigenvalue weighted by Gasteiger charge is -2.26. The monoisotopic (exact) mass is 458 g/mol. The van der Waals surface area contributed by atoms with E-state index in [4.69, 9.17) is 14.2 Å². The van der Waals surface area contributed by atoms with Crippen LogP contribution in [-0.2, 0) is 20.8 Å². The van der Waals surface area contributed by atoms with Gasteiger partial charge in [0.15, 0.2) is 12.1 Å². The number of hydrogen-bond acceptors (Lipinski definition) is 5. The van der Waals surface area contributed by atoms with Gasteiger partial charge in [0, 0.05) is 25.8 Å². The number of hydrogen-bond donors (Lipinski definition) is 1. The molecule has 1 aliphatic carbocycles. The minimum absolute atomic E-state index is 0.0695. The molecular weight excluding hydrogens is 430 g/mol. The molecule has 2 aliphatic heterocycles. The number of anilines is 2. The van der Waals surface area contributed by atoms with Crippen LogP contribution < -0.4 is 10.2 Å². The second-order valence-corrected chi connectivity index (χ2v) is 9.00. The van der Waals surface area contributed by atoms with Crippen LogP contribution in [0.15, 0.2) is 42.5 Å². The third-order valence-corrected chi connectivity index (χ3v) is 6.78. The first-order valence-electron chi connectivity index (χ1n) is 11.5. The number of carbonyl (C=O) groups excluding carboxylic acids is 1. The van der Waals surface area contributed by atoms with Gasteiger partial charge in [-0.15, -0.1) is 0 Å². The minimum Gasteiger partial charge on any atom is -0.444 e. The lowest BCUT2D eigenvalue weighted by Crippen LogP contribution is -2.29. The summed E-state index contributed by atoms with van der Waals surface area (Å²) in [7, 11) is 0. The number of nitrogens with one attached hydrogen (secondary N) is 1. The number of piperidine rings is 1. The number of benzene rings is 2. The van der Waals surface area contributed by atoms with E-state index in [-0.39, 0.29) is 24.3 Å². The smallest absolute Gasteiger partial charge is 0.412 e. The van der Waals surface area contributed by atoms with Crippen molar-refractivity contribution < 1.29 is 27.8 Å². The molecule has 0 bridgehead atoms. The van der Waals surface area contributed by atoms with Gasteiger partial charge in [0.1, 0.15) is 12.4 Å². The van der Waals surface area contributed by atoms with Crippen molar-refractivity contribution in [3.05, 3.63) is 59.7 Å². The molecule has 3 fully saturated rings. The third-order valence-electron chi connectivity index (χ3n) is 6.78. The van der Waals surface area contributed by atoms with Crippen LogP contribution >= 0.6 is 0 Å². The molecule has 2 saturated heterocycles. The lowest BCUT2D eigenvalue weighted by atomic mass is 10.2. The molecular formula is C25H28F2N2O4. The van der Waals surface area contributed by atoms with Gasteiger partial charge in [-0.3, -0.25) is 5.32 Å².